The highest BCUT2D eigenvalue weighted by Gasteiger charge is 2.30. The van der Waals surface area contributed by atoms with Crippen molar-refractivity contribution in [2.45, 2.75) is 106 Å². The Morgan fingerprint density at radius 3 is 1.05 bits per heavy atom. The summed E-state index contributed by atoms with van der Waals surface area (Å²) >= 11 is 0. The van der Waals surface area contributed by atoms with Gasteiger partial charge in [0, 0.05) is 5.75 Å². The first kappa shape index (κ1) is 34.1. The summed E-state index contributed by atoms with van der Waals surface area (Å²) in [5.74, 6) is -0.448. The van der Waals surface area contributed by atoms with Crippen LogP contribution in [0.2, 0.25) is 0 Å². The summed E-state index contributed by atoms with van der Waals surface area (Å²) in [7, 11) is -4.23. The molecule has 40 heavy (non-hydrogen) atoms. The molecule has 3 aromatic rings. The Balaban J connectivity index is 0.000000536. The van der Waals surface area contributed by atoms with Gasteiger partial charge in [-0.15, -0.1) is 0 Å². The molecule has 0 N–H and O–H groups in total. The number of benzene rings is 3. The summed E-state index contributed by atoms with van der Waals surface area (Å²) in [6.45, 7) is 19.9. The van der Waals surface area contributed by atoms with Crippen molar-refractivity contribution in [3.8, 4) is 0 Å². The molecular weight excluding hydrogens is 540 g/mol. The Morgan fingerprint density at radius 1 is 0.575 bits per heavy atom. The largest absolute Gasteiger partial charge is 0.748 e. The number of hydrogen-bond donors (Lipinski definition) is 0. The number of rotatable bonds is 7. The molecule has 3 rings (SSSR count). The van der Waals surface area contributed by atoms with E-state index in [0.717, 1.165) is 0 Å². The number of halogens is 1. The average Bonchev–Trinajstić information content (AvgIpc) is 2.83. The molecule has 0 spiro atoms. The maximum Gasteiger partial charge on any atom is 0.166 e. The van der Waals surface area contributed by atoms with E-state index >= 15 is 0 Å². The quantitative estimate of drug-likeness (QED) is 0.158. The van der Waals surface area contributed by atoms with Gasteiger partial charge < -0.3 is 4.55 Å². The van der Waals surface area contributed by atoms with E-state index in [0.29, 0.717) is 0 Å². The molecule has 0 aromatic heterocycles. The molecule has 0 bridgehead atoms. The molecule has 0 aliphatic heterocycles. The van der Waals surface area contributed by atoms with Gasteiger partial charge >= 0.3 is 0 Å². The molecule has 0 aliphatic carbocycles. The molecule has 0 radical (unpaired) electrons. The Morgan fingerprint density at radius 2 is 0.850 bits per heavy atom. The SMILES string of the molecule is CC(C)(C)c1ccc([S+](c2ccc(C(C)(C)C)cc2)c2ccc(C(C)(C)C)cc2)cc1.O=S(=O)([O-])CCCCF. The summed E-state index contributed by atoms with van der Waals surface area (Å²) in [5.41, 5.74) is 4.64. The Bertz CT molecular complexity index is 1160. The molecule has 220 valence electrons. The van der Waals surface area contributed by atoms with Gasteiger partial charge in [-0.25, -0.2) is 8.42 Å². The third-order valence-corrected chi connectivity index (χ3v) is 9.67. The minimum atomic E-state index is -4.11. The van der Waals surface area contributed by atoms with Crippen molar-refractivity contribution >= 4 is 21.0 Å². The molecule has 0 fully saturated rings. The molecule has 0 aliphatic rings. The minimum Gasteiger partial charge on any atom is -0.748 e. The van der Waals surface area contributed by atoms with E-state index in [1.165, 1.54) is 31.4 Å². The molecule has 0 atom stereocenters. The number of hydrogen-bond acceptors (Lipinski definition) is 3. The van der Waals surface area contributed by atoms with Crippen molar-refractivity contribution in [2.24, 2.45) is 0 Å². The molecule has 0 unspecified atom stereocenters. The second-order valence-electron chi connectivity index (χ2n) is 13.3. The molecule has 6 heteroatoms. The van der Waals surface area contributed by atoms with E-state index in [-0.39, 0.29) is 40.0 Å². The van der Waals surface area contributed by atoms with Gasteiger partial charge in [0.15, 0.2) is 14.7 Å². The van der Waals surface area contributed by atoms with E-state index in [9.17, 15) is 17.4 Å². The van der Waals surface area contributed by atoms with Gasteiger partial charge in [0.25, 0.3) is 0 Å². The van der Waals surface area contributed by atoms with Crippen molar-refractivity contribution in [1.29, 1.82) is 0 Å². The van der Waals surface area contributed by atoms with Crippen molar-refractivity contribution in [2.75, 3.05) is 12.4 Å². The number of unbranched alkanes of at least 4 members (excludes halogenated alkanes) is 1. The summed E-state index contributed by atoms with van der Waals surface area (Å²) in [5, 5.41) is 0. The molecule has 0 amide bonds. The van der Waals surface area contributed by atoms with Crippen LogP contribution >= 0.6 is 0 Å². The lowest BCUT2D eigenvalue weighted by Crippen LogP contribution is -2.13. The zero-order chi connectivity index (χ0) is 30.4. The van der Waals surface area contributed by atoms with Crippen molar-refractivity contribution in [3.63, 3.8) is 0 Å². The minimum absolute atomic E-state index is 0.120. The first-order valence-electron chi connectivity index (χ1n) is 13.9. The maximum absolute atomic E-state index is 11.3. The fourth-order valence-corrected chi connectivity index (χ4v) is 6.65. The third-order valence-electron chi connectivity index (χ3n) is 6.65. The van der Waals surface area contributed by atoms with E-state index in [1.54, 1.807) is 0 Å². The van der Waals surface area contributed by atoms with Crippen LogP contribution in [0.4, 0.5) is 4.39 Å². The van der Waals surface area contributed by atoms with Crippen LogP contribution in [0.1, 0.15) is 91.8 Å². The molecule has 3 aromatic carbocycles. The molecule has 0 heterocycles. The highest BCUT2D eigenvalue weighted by molar-refractivity contribution is 7.97. The lowest BCUT2D eigenvalue weighted by Gasteiger charge is -2.21. The first-order valence-corrected chi connectivity index (χ1v) is 16.7. The first-order chi connectivity index (χ1) is 18.3. The van der Waals surface area contributed by atoms with Gasteiger partial charge in [-0.1, -0.05) is 98.7 Å². The maximum atomic E-state index is 11.3. The van der Waals surface area contributed by atoms with Crippen LogP contribution in [0.25, 0.3) is 0 Å². The van der Waals surface area contributed by atoms with Crippen LogP contribution in [0, 0.1) is 0 Å². The van der Waals surface area contributed by atoms with E-state index in [4.69, 9.17) is 0 Å². The summed E-state index contributed by atoms with van der Waals surface area (Å²) in [4.78, 5) is 4.13. The molecular formula is C34H47FO3S2. The van der Waals surface area contributed by atoms with Gasteiger partial charge in [-0.2, -0.15) is 0 Å². The molecule has 0 saturated heterocycles. The lowest BCUT2D eigenvalue weighted by molar-refractivity contribution is 0.447. The van der Waals surface area contributed by atoms with Crippen molar-refractivity contribution in [1.82, 2.24) is 0 Å². The smallest absolute Gasteiger partial charge is 0.166 e. The number of alkyl halides is 1. The van der Waals surface area contributed by atoms with Gasteiger partial charge in [0.2, 0.25) is 0 Å². The van der Waals surface area contributed by atoms with Gasteiger partial charge in [0.05, 0.1) is 27.7 Å². The van der Waals surface area contributed by atoms with Crippen LogP contribution in [0.3, 0.4) is 0 Å². The second-order valence-corrected chi connectivity index (χ2v) is 16.8. The standard InChI is InChI=1S/C30H39S.C4H9FO3S/c1-28(2,3)22-10-16-25(17-11-22)31(26-18-12-23(13-19-26)29(4,5)6)27-20-14-24(15-21-27)30(7,8)9;5-3-1-2-4-9(6,7)8/h10-21H,1-9H3;1-4H2,(H,6,7,8)/q+1;/p-1. The fourth-order valence-electron chi connectivity index (χ4n) is 4.05. The van der Waals surface area contributed by atoms with Crippen LogP contribution in [0.5, 0.6) is 0 Å². The van der Waals surface area contributed by atoms with Crippen molar-refractivity contribution < 1.29 is 17.4 Å². The topological polar surface area (TPSA) is 57.2 Å². The van der Waals surface area contributed by atoms with Gasteiger partial charge in [-0.05, 0) is 82.2 Å². The summed E-state index contributed by atoms with van der Waals surface area (Å²) in [6, 6.07) is 27.8. The Kier molecular flexibility index (Phi) is 11.6. The highest BCUT2D eigenvalue weighted by atomic mass is 32.2. The summed E-state index contributed by atoms with van der Waals surface area (Å²) < 4.78 is 40.8. The van der Waals surface area contributed by atoms with Crippen LogP contribution < -0.4 is 0 Å². The normalized spacial score (nSPS) is 12.7. The molecule has 0 saturated carbocycles. The van der Waals surface area contributed by atoms with Crippen LogP contribution in [0.15, 0.2) is 87.5 Å². The lowest BCUT2D eigenvalue weighted by atomic mass is 9.87. The monoisotopic (exact) mass is 586 g/mol. The zero-order valence-corrected chi connectivity index (χ0v) is 27.3. The highest BCUT2D eigenvalue weighted by Crippen LogP contribution is 2.35. The summed E-state index contributed by atoms with van der Waals surface area (Å²) in [6.07, 6.45) is 0.282. The van der Waals surface area contributed by atoms with Crippen LogP contribution in [-0.4, -0.2) is 25.4 Å². The Hall–Kier alpha value is -2.15. The van der Waals surface area contributed by atoms with Gasteiger partial charge in [-0.3, -0.25) is 4.39 Å². The van der Waals surface area contributed by atoms with Gasteiger partial charge in [0.1, 0.15) is 0 Å². The predicted molar refractivity (Wildman–Crippen MR) is 167 cm³/mol. The second kappa shape index (κ2) is 13.7. The Labute approximate surface area is 245 Å². The predicted octanol–water partition coefficient (Wildman–Crippen LogP) is 8.96. The zero-order valence-electron chi connectivity index (χ0n) is 25.7. The third kappa shape index (κ3) is 10.7. The van der Waals surface area contributed by atoms with Crippen molar-refractivity contribution in [3.05, 3.63) is 89.5 Å². The van der Waals surface area contributed by atoms with E-state index < -0.39 is 22.5 Å². The molecule has 3 nitrogen and oxygen atoms in total. The average molecular weight is 587 g/mol. The van der Waals surface area contributed by atoms with Crippen LogP contribution in [-0.2, 0) is 37.3 Å². The van der Waals surface area contributed by atoms with E-state index in [2.05, 4.69) is 135 Å². The fraction of sp³-hybridized carbons (Fsp3) is 0.471. The van der Waals surface area contributed by atoms with E-state index in [1.807, 2.05) is 0 Å².